The predicted molar refractivity (Wildman–Crippen MR) is 85.4 cm³/mol. The van der Waals surface area contributed by atoms with Crippen LogP contribution in [-0.4, -0.2) is 27.3 Å². The molecule has 1 heterocycles. The zero-order chi connectivity index (χ0) is 16.7. The predicted octanol–water partition coefficient (Wildman–Crippen LogP) is 0.104. The normalized spacial score (nSPS) is 10.8. The molecule has 0 aliphatic heterocycles. The summed E-state index contributed by atoms with van der Waals surface area (Å²) in [6.45, 7) is 2.08. The molecule has 0 aliphatic rings. The quantitative estimate of drug-likeness (QED) is 0.517. The van der Waals surface area contributed by atoms with E-state index in [1.54, 1.807) is 6.21 Å². The van der Waals surface area contributed by atoms with Crippen molar-refractivity contribution in [2.75, 3.05) is 0 Å². The van der Waals surface area contributed by atoms with Crippen LogP contribution in [0, 0.1) is 0 Å². The third-order valence-corrected chi connectivity index (χ3v) is 3.16. The number of rotatable bonds is 6. The van der Waals surface area contributed by atoms with Gasteiger partial charge < -0.3 is 0 Å². The van der Waals surface area contributed by atoms with E-state index in [0.29, 0.717) is 0 Å². The lowest BCUT2D eigenvalue weighted by molar-refractivity contribution is -0.121. The van der Waals surface area contributed by atoms with Crippen LogP contribution < -0.4 is 16.7 Å². The minimum absolute atomic E-state index is 0.0359. The Morgan fingerprint density at radius 2 is 2.04 bits per heavy atom. The van der Waals surface area contributed by atoms with Crippen LogP contribution in [0.15, 0.2) is 39.0 Å². The van der Waals surface area contributed by atoms with Crippen molar-refractivity contribution in [1.29, 1.82) is 0 Å². The van der Waals surface area contributed by atoms with Gasteiger partial charge in [-0.3, -0.25) is 14.6 Å². The fraction of sp³-hybridized carbons (Fsp3) is 0.267. The van der Waals surface area contributed by atoms with Crippen LogP contribution in [-0.2, 0) is 17.6 Å². The Bertz CT molecular complexity index is 805. The highest BCUT2D eigenvalue weighted by Gasteiger charge is 2.06. The maximum absolute atomic E-state index is 11.6. The Balaban J connectivity index is 1.83. The minimum Gasteiger partial charge on any atom is -0.273 e. The number of benzene rings is 1. The fourth-order valence-electron chi connectivity index (χ4n) is 1.85. The maximum atomic E-state index is 11.6. The standard InChI is InChI=1S/C15H17N5O3/c1-2-10-3-5-11(6-4-10)9-16-19-13(21)8-7-12-14(22)17-15(23)20-18-12/h3-6,9H,2,7-8H2,1H3,(H,19,21)(H2,17,20,22,23)/b16-9+. The van der Waals surface area contributed by atoms with Gasteiger partial charge in [-0.15, -0.1) is 0 Å². The monoisotopic (exact) mass is 315 g/mol. The van der Waals surface area contributed by atoms with Crippen LogP contribution in [0.5, 0.6) is 0 Å². The molecule has 8 nitrogen and oxygen atoms in total. The summed E-state index contributed by atoms with van der Waals surface area (Å²) in [5.41, 5.74) is 3.30. The second kappa shape index (κ2) is 7.83. The summed E-state index contributed by atoms with van der Waals surface area (Å²) in [4.78, 5) is 35.9. The van der Waals surface area contributed by atoms with E-state index in [1.807, 2.05) is 29.2 Å². The first-order chi connectivity index (χ1) is 11.1. The lowest BCUT2D eigenvalue weighted by atomic mass is 10.1. The van der Waals surface area contributed by atoms with Gasteiger partial charge in [0.1, 0.15) is 5.69 Å². The topological polar surface area (TPSA) is 120 Å². The molecule has 0 atom stereocenters. The zero-order valence-electron chi connectivity index (χ0n) is 12.6. The average molecular weight is 315 g/mol. The number of hydrogen-bond donors (Lipinski definition) is 3. The Morgan fingerprint density at radius 3 is 2.70 bits per heavy atom. The van der Waals surface area contributed by atoms with E-state index in [-0.39, 0.29) is 24.4 Å². The smallest absolute Gasteiger partial charge is 0.273 e. The summed E-state index contributed by atoms with van der Waals surface area (Å²) in [7, 11) is 0. The van der Waals surface area contributed by atoms with Gasteiger partial charge in [0.05, 0.1) is 6.21 Å². The number of hydrazone groups is 1. The molecule has 0 saturated heterocycles. The second-order valence-corrected chi connectivity index (χ2v) is 4.84. The molecule has 1 aromatic heterocycles. The highest BCUT2D eigenvalue weighted by molar-refractivity contribution is 5.82. The summed E-state index contributed by atoms with van der Waals surface area (Å²) in [6, 6.07) is 7.82. The van der Waals surface area contributed by atoms with Crippen LogP contribution in [0.25, 0.3) is 0 Å². The number of aromatic nitrogens is 3. The number of nitrogens with one attached hydrogen (secondary N) is 3. The van der Waals surface area contributed by atoms with Crippen molar-refractivity contribution in [1.82, 2.24) is 20.6 Å². The molecule has 2 rings (SSSR count). The van der Waals surface area contributed by atoms with E-state index < -0.39 is 11.2 Å². The lowest BCUT2D eigenvalue weighted by Crippen LogP contribution is -2.28. The van der Waals surface area contributed by atoms with Crippen molar-refractivity contribution >= 4 is 12.1 Å². The molecule has 0 aliphatic carbocycles. The Hall–Kier alpha value is -3.03. The Labute approximate surface area is 131 Å². The number of H-pyrrole nitrogens is 2. The summed E-state index contributed by atoms with van der Waals surface area (Å²) in [5, 5.41) is 9.57. The Kier molecular flexibility index (Phi) is 5.56. The van der Waals surface area contributed by atoms with Gasteiger partial charge >= 0.3 is 5.69 Å². The van der Waals surface area contributed by atoms with E-state index in [9.17, 15) is 14.4 Å². The van der Waals surface area contributed by atoms with Gasteiger partial charge in [0.25, 0.3) is 5.56 Å². The molecule has 1 aromatic carbocycles. The van der Waals surface area contributed by atoms with Gasteiger partial charge in [0.15, 0.2) is 0 Å². The molecule has 0 spiro atoms. The molecule has 8 heteroatoms. The van der Waals surface area contributed by atoms with Crippen molar-refractivity contribution in [2.24, 2.45) is 5.10 Å². The number of carbonyl (C=O) groups excluding carboxylic acids is 1. The number of carbonyl (C=O) groups is 1. The number of hydrogen-bond acceptors (Lipinski definition) is 5. The van der Waals surface area contributed by atoms with Gasteiger partial charge in [0.2, 0.25) is 5.91 Å². The number of nitrogens with zero attached hydrogens (tertiary/aromatic N) is 2. The van der Waals surface area contributed by atoms with E-state index in [1.165, 1.54) is 5.56 Å². The zero-order valence-corrected chi connectivity index (χ0v) is 12.6. The molecule has 23 heavy (non-hydrogen) atoms. The maximum Gasteiger partial charge on any atom is 0.342 e. The molecule has 0 fully saturated rings. The summed E-state index contributed by atoms with van der Waals surface area (Å²) in [5.74, 6) is -0.348. The van der Waals surface area contributed by atoms with Gasteiger partial charge in [-0.25, -0.2) is 15.3 Å². The van der Waals surface area contributed by atoms with Gasteiger partial charge in [0, 0.05) is 12.8 Å². The van der Waals surface area contributed by atoms with Crippen molar-refractivity contribution in [3.8, 4) is 0 Å². The molecule has 2 aromatic rings. The summed E-state index contributed by atoms with van der Waals surface area (Å²) >= 11 is 0. The van der Waals surface area contributed by atoms with Crippen molar-refractivity contribution in [2.45, 2.75) is 26.2 Å². The van der Waals surface area contributed by atoms with E-state index >= 15 is 0 Å². The van der Waals surface area contributed by atoms with Crippen LogP contribution in [0.3, 0.4) is 0 Å². The van der Waals surface area contributed by atoms with E-state index in [0.717, 1.165) is 12.0 Å². The minimum atomic E-state index is -0.679. The second-order valence-electron chi connectivity index (χ2n) is 4.84. The first kappa shape index (κ1) is 16.3. The first-order valence-electron chi connectivity index (χ1n) is 7.17. The van der Waals surface area contributed by atoms with Gasteiger partial charge in [-0.05, 0) is 17.5 Å². The molecule has 120 valence electrons. The number of aryl methyl sites for hydroxylation is 2. The number of aromatic amines is 2. The molecule has 0 unspecified atom stereocenters. The van der Waals surface area contributed by atoms with Crippen LogP contribution in [0.1, 0.15) is 30.2 Å². The summed E-state index contributed by atoms with van der Waals surface area (Å²) in [6.07, 6.45) is 2.65. The van der Waals surface area contributed by atoms with Crippen molar-refractivity contribution < 1.29 is 4.79 Å². The average Bonchev–Trinajstić information content (AvgIpc) is 2.54. The summed E-state index contributed by atoms with van der Waals surface area (Å²) < 4.78 is 0. The van der Waals surface area contributed by atoms with E-state index in [2.05, 4.69) is 27.6 Å². The fourth-order valence-corrected chi connectivity index (χ4v) is 1.85. The van der Waals surface area contributed by atoms with E-state index in [4.69, 9.17) is 0 Å². The molecule has 0 radical (unpaired) electrons. The van der Waals surface area contributed by atoms with Crippen LogP contribution in [0.2, 0.25) is 0 Å². The molecule has 1 amide bonds. The van der Waals surface area contributed by atoms with Crippen molar-refractivity contribution in [3.05, 3.63) is 61.9 Å². The lowest BCUT2D eigenvalue weighted by Gasteiger charge is -2.00. The Morgan fingerprint density at radius 1 is 1.30 bits per heavy atom. The van der Waals surface area contributed by atoms with Crippen LogP contribution in [0.4, 0.5) is 0 Å². The highest BCUT2D eigenvalue weighted by atomic mass is 16.2. The largest absolute Gasteiger partial charge is 0.342 e. The number of amides is 1. The SMILES string of the molecule is CCc1ccc(/C=N/NC(=O)CCc2n[nH]c(=O)[nH]c2=O)cc1. The first-order valence-corrected chi connectivity index (χ1v) is 7.17. The molecule has 0 bridgehead atoms. The third-order valence-electron chi connectivity index (χ3n) is 3.16. The molecule has 0 saturated carbocycles. The van der Waals surface area contributed by atoms with Gasteiger partial charge in [-0.2, -0.15) is 10.2 Å². The highest BCUT2D eigenvalue weighted by Crippen LogP contribution is 2.02. The molecular weight excluding hydrogens is 298 g/mol. The van der Waals surface area contributed by atoms with Crippen molar-refractivity contribution in [3.63, 3.8) is 0 Å². The third kappa shape index (κ3) is 5.03. The molecular formula is C15H17N5O3. The van der Waals surface area contributed by atoms with Gasteiger partial charge in [-0.1, -0.05) is 31.2 Å². The van der Waals surface area contributed by atoms with Crippen LogP contribution >= 0.6 is 0 Å². The molecule has 3 N–H and O–H groups in total.